The number of hydrogen-bond acceptors (Lipinski definition) is 0. The van der Waals surface area contributed by atoms with Crippen molar-refractivity contribution in [3.05, 3.63) is 266 Å². The third-order valence-corrected chi connectivity index (χ3v) is 16.4. The van der Waals surface area contributed by atoms with E-state index in [4.69, 9.17) is 0 Å². The van der Waals surface area contributed by atoms with Crippen molar-refractivity contribution in [1.82, 2.24) is 4.57 Å². The van der Waals surface area contributed by atoms with Crippen LogP contribution in [0.25, 0.3) is 132 Å². The van der Waals surface area contributed by atoms with Gasteiger partial charge in [0.2, 0.25) is 0 Å². The molecular weight excluding hydrogens is 915 g/mol. The zero-order chi connectivity index (χ0) is 51.3. The maximum Gasteiger partial charge on any atom is 0.0491 e. The first-order chi connectivity index (χ1) is 37.3. The van der Waals surface area contributed by atoms with E-state index in [1.54, 1.807) is 0 Å². The smallest absolute Gasteiger partial charge is 0.0491 e. The molecule has 0 spiro atoms. The molecular formula is C75H59N. The minimum atomic E-state index is 0.122. The van der Waals surface area contributed by atoms with Gasteiger partial charge in [-0.05, 0) is 171 Å². The lowest BCUT2D eigenvalue weighted by molar-refractivity contribution is 0.507. The Balaban J connectivity index is 0.906. The van der Waals surface area contributed by atoms with Crippen LogP contribution in [0.15, 0.2) is 261 Å². The summed E-state index contributed by atoms with van der Waals surface area (Å²) in [6.07, 6.45) is 1.10. The minimum Gasteiger partial charge on any atom is -0.341 e. The van der Waals surface area contributed by atoms with E-state index >= 15 is 0 Å². The number of benzene rings is 12. The van der Waals surface area contributed by atoms with Gasteiger partial charge in [0.05, 0.1) is 0 Å². The summed E-state index contributed by atoms with van der Waals surface area (Å²) in [5, 5.41) is 7.59. The molecule has 0 amide bonds. The predicted octanol–water partition coefficient (Wildman–Crippen LogP) is 21.1. The quantitative estimate of drug-likeness (QED) is 0.114. The summed E-state index contributed by atoms with van der Waals surface area (Å²) < 4.78 is 2.46. The molecule has 1 nitrogen and oxygen atoms in total. The van der Waals surface area contributed by atoms with Crippen LogP contribution in [0, 0.1) is 0 Å². The molecule has 1 heterocycles. The Bertz CT molecular complexity index is 4240. The third-order valence-electron chi connectivity index (χ3n) is 16.4. The van der Waals surface area contributed by atoms with Gasteiger partial charge in [-0.25, -0.2) is 0 Å². The molecule has 1 aromatic heterocycles. The fourth-order valence-electron chi connectivity index (χ4n) is 11.7. The molecule has 0 radical (unpaired) electrons. The maximum absolute atomic E-state index is 2.46. The van der Waals surface area contributed by atoms with Gasteiger partial charge in [-0.2, -0.15) is 0 Å². The van der Waals surface area contributed by atoms with Crippen molar-refractivity contribution in [2.45, 2.75) is 46.1 Å². The molecule has 13 aromatic rings. The topological polar surface area (TPSA) is 4.93 Å². The van der Waals surface area contributed by atoms with E-state index in [0.717, 1.165) is 13.0 Å². The van der Waals surface area contributed by atoms with Crippen molar-refractivity contribution in [3.8, 4) is 89.0 Å². The normalized spacial score (nSPS) is 11.8. The molecule has 0 unspecified atom stereocenters. The highest BCUT2D eigenvalue weighted by Crippen LogP contribution is 2.47. The van der Waals surface area contributed by atoms with E-state index in [-0.39, 0.29) is 5.41 Å². The van der Waals surface area contributed by atoms with E-state index in [2.05, 4.69) is 293 Å². The van der Waals surface area contributed by atoms with Gasteiger partial charge in [-0.1, -0.05) is 245 Å². The molecule has 0 fully saturated rings. The van der Waals surface area contributed by atoms with Crippen LogP contribution >= 0.6 is 0 Å². The highest BCUT2D eigenvalue weighted by molar-refractivity contribution is 6.22. The van der Waals surface area contributed by atoms with Crippen molar-refractivity contribution in [2.24, 2.45) is 0 Å². The molecule has 0 atom stereocenters. The summed E-state index contributed by atoms with van der Waals surface area (Å²) in [7, 11) is 0. The highest BCUT2D eigenvalue weighted by Gasteiger charge is 2.22. The van der Waals surface area contributed by atoms with Crippen LogP contribution < -0.4 is 0 Å². The van der Waals surface area contributed by atoms with Crippen LogP contribution in [0.1, 0.15) is 39.7 Å². The second-order valence-corrected chi connectivity index (χ2v) is 21.1. The lowest BCUT2D eigenvalue weighted by Gasteiger charge is -2.23. The fourth-order valence-corrected chi connectivity index (χ4v) is 11.7. The molecule has 0 saturated carbocycles. The first-order valence-electron chi connectivity index (χ1n) is 27.0. The Hall–Kier alpha value is -9.04. The molecule has 76 heavy (non-hydrogen) atoms. The van der Waals surface area contributed by atoms with Crippen molar-refractivity contribution < 1.29 is 0 Å². The number of fused-ring (bicyclic) bond motifs is 5. The van der Waals surface area contributed by atoms with Crippen LogP contribution in [-0.2, 0) is 12.0 Å². The van der Waals surface area contributed by atoms with Crippen molar-refractivity contribution >= 4 is 43.4 Å². The second-order valence-electron chi connectivity index (χ2n) is 21.1. The first-order valence-corrected chi connectivity index (χ1v) is 27.0. The number of nitrogens with zero attached hydrogens (tertiary/aromatic N) is 1. The maximum atomic E-state index is 2.46. The molecule has 0 saturated heterocycles. The van der Waals surface area contributed by atoms with Crippen LogP contribution in [0.3, 0.4) is 0 Å². The van der Waals surface area contributed by atoms with Crippen molar-refractivity contribution in [3.63, 3.8) is 0 Å². The molecule has 0 aliphatic rings. The minimum absolute atomic E-state index is 0.122. The van der Waals surface area contributed by atoms with Crippen molar-refractivity contribution in [1.29, 1.82) is 0 Å². The Kier molecular flexibility index (Phi) is 11.9. The zero-order valence-corrected chi connectivity index (χ0v) is 43.7. The highest BCUT2D eigenvalue weighted by atomic mass is 15.0. The average Bonchev–Trinajstić information content (AvgIpc) is 3.86. The summed E-state index contributed by atoms with van der Waals surface area (Å²) >= 11 is 0. The standard InChI is InChI=1S/C75H59N/c1-5-75(3,4)64-41-45-72-68(49-64)67-46-63(40-44-71(67)76(72)6-2)58-28-26-55(27-29-58)57-32-36-60(37-33-57)74-66-43-39-61(51-18-12-8-13-19-51)47-69(66)73(65-42-38-62(48-70(65)74)52-20-14-9-15-21-52)59-34-30-56(31-35-59)54-24-22-53(23-25-54)50-16-10-7-11-17-50/h7-49H,5-6H2,1-4H3. The molecule has 0 aliphatic heterocycles. The predicted molar refractivity (Wildman–Crippen MR) is 327 cm³/mol. The number of rotatable bonds is 11. The van der Waals surface area contributed by atoms with Gasteiger partial charge < -0.3 is 4.57 Å². The van der Waals surface area contributed by atoms with E-state index in [9.17, 15) is 0 Å². The van der Waals surface area contributed by atoms with Gasteiger partial charge in [0, 0.05) is 28.4 Å². The first kappa shape index (κ1) is 46.7. The summed E-state index contributed by atoms with van der Waals surface area (Å²) in [6.45, 7) is 10.2. The van der Waals surface area contributed by atoms with Crippen LogP contribution in [-0.4, -0.2) is 4.57 Å². The van der Waals surface area contributed by atoms with Gasteiger partial charge in [0.25, 0.3) is 0 Å². The van der Waals surface area contributed by atoms with Gasteiger partial charge in [-0.3, -0.25) is 0 Å². The lowest BCUT2D eigenvalue weighted by atomic mass is 9.82. The Morgan fingerprint density at radius 2 is 0.553 bits per heavy atom. The third kappa shape index (κ3) is 8.39. The van der Waals surface area contributed by atoms with Gasteiger partial charge in [0.1, 0.15) is 0 Å². The number of aryl methyl sites for hydroxylation is 1. The Morgan fingerprint density at radius 3 is 0.934 bits per heavy atom. The van der Waals surface area contributed by atoms with Crippen LogP contribution in [0.4, 0.5) is 0 Å². The van der Waals surface area contributed by atoms with E-state index in [1.165, 1.54) is 138 Å². The molecule has 0 aliphatic carbocycles. The summed E-state index contributed by atoms with van der Waals surface area (Å²) in [6, 6.07) is 97.1. The van der Waals surface area contributed by atoms with Gasteiger partial charge in [-0.15, -0.1) is 0 Å². The molecule has 1 heteroatoms. The van der Waals surface area contributed by atoms with Crippen LogP contribution in [0.2, 0.25) is 0 Å². The molecule has 13 rings (SSSR count). The SMILES string of the molecule is CCn1c2ccc(-c3ccc(-c4ccc(-c5c6ccc(-c7ccccc7)cc6c(-c6ccc(-c7ccc(-c8ccccc8)cc7)cc6)c6ccc(-c7ccccc7)cc56)cc4)cc3)cc2c2cc(C(C)(C)CC)ccc21. The largest absolute Gasteiger partial charge is 0.341 e. The molecule has 12 aromatic carbocycles. The lowest BCUT2D eigenvalue weighted by Crippen LogP contribution is -2.15. The summed E-state index contributed by atoms with van der Waals surface area (Å²) in [5.74, 6) is 0. The van der Waals surface area contributed by atoms with Crippen molar-refractivity contribution in [2.75, 3.05) is 0 Å². The zero-order valence-electron chi connectivity index (χ0n) is 43.7. The molecule has 364 valence electrons. The van der Waals surface area contributed by atoms with Gasteiger partial charge >= 0.3 is 0 Å². The number of hydrogen-bond donors (Lipinski definition) is 0. The van der Waals surface area contributed by atoms with E-state index in [0.29, 0.717) is 0 Å². The Morgan fingerprint density at radius 1 is 0.263 bits per heavy atom. The number of aromatic nitrogens is 1. The monoisotopic (exact) mass is 973 g/mol. The van der Waals surface area contributed by atoms with E-state index in [1.807, 2.05) is 0 Å². The Labute approximate surface area is 447 Å². The second kappa shape index (κ2) is 19.3. The summed E-state index contributed by atoms with van der Waals surface area (Å²) in [5.41, 5.74) is 23.5. The average molecular weight is 974 g/mol. The molecule has 0 bridgehead atoms. The fraction of sp³-hybridized carbons (Fsp3) is 0.0933. The molecule has 0 N–H and O–H groups in total. The van der Waals surface area contributed by atoms with Crippen LogP contribution in [0.5, 0.6) is 0 Å². The van der Waals surface area contributed by atoms with Gasteiger partial charge in [0.15, 0.2) is 0 Å². The summed E-state index contributed by atoms with van der Waals surface area (Å²) in [4.78, 5) is 0. The van der Waals surface area contributed by atoms with E-state index < -0.39 is 0 Å².